The number of nitro groups is 1. The van der Waals surface area contributed by atoms with E-state index < -0.39 is 4.92 Å². The van der Waals surface area contributed by atoms with E-state index in [4.69, 9.17) is 11.6 Å². The van der Waals surface area contributed by atoms with E-state index in [0.717, 1.165) is 10.0 Å². The van der Waals surface area contributed by atoms with E-state index in [9.17, 15) is 10.1 Å². The fraction of sp³-hybridized carbons (Fsp3) is 0. The van der Waals surface area contributed by atoms with Crippen molar-refractivity contribution < 1.29 is 4.92 Å². The number of hydrogen-bond acceptors (Lipinski definition) is 2. The molecule has 2 rings (SSSR count). The summed E-state index contributed by atoms with van der Waals surface area (Å²) in [6.45, 7) is 0. The fourth-order valence-electron chi connectivity index (χ4n) is 1.50. The molecule has 0 spiro atoms. The minimum absolute atomic E-state index is 0.00694. The van der Waals surface area contributed by atoms with Crippen LogP contribution in [0.5, 0.6) is 0 Å². The Labute approximate surface area is 111 Å². The highest BCUT2D eigenvalue weighted by atomic mass is 79.9. The lowest BCUT2D eigenvalue weighted by Crippen LogP contribution is -1.92. The van der Waals surface area contributed by atoms with E-state index in [1.165, 1.54) is 6.07 Å². The van der Waals surface area contributed by atoms with Crippen LogP contribution in [0.2, 0.25) is 5.02 Å². The van der Waals surface area contributed by atoms with Gasteiger partial charge in [-0.05, 0) is 23.8 Å². The molecule has 2 aromatic rings. The predicted molar refractivity (Wildman–Crippen MR) is 70.1 cm³/mol. The molecule has 0 fully saturated rings. The fourth-order valence-corrected chi connectivity index (χ4v) is 2.06. The zero-order valence-electron chi connectivity index (χ0n) is 8.48. The molecular weight excluding hydrogens is 305 g/mol. The van der Waals surface area contributed by atoms with Crippen molar-refractivity contribution in [3.63, 3.8) is 0 Å². The molecule has 0 bridgehead atoms. The molecule has 17 heavy (non-hydrogen) atoms. The van der Waals surface area contributed by atoms with Gasteiger partial charge in [0.2, 0.25) is 0 Å². The Balaban J connectivity index is 2.65. The highest BCUT2D eigenvalue weighted by Crippen LogP contribution is 2.33. The molecule has 5 heteroatoms. The lowest BCUT2D eigenvalue weighted by molar-refractivity contribution is -0.384. The van der Waals surface area contributed by atoms with Crippen molar-refractivity contribution in [1.29, 1.82) is 0 Å². The minimum Gasteiger partial charge on any atom is -0.258 e. The number of hydrogen-bond donors (Lipinski definition) is 0. The highest BCUT2D eigenvalue weighted by molar-refractivity contribution is 9.10. The maximum absolute atomic E-state index is 10.9. The third-order valence-corrected chi connectivity index (χ3v) is 2.94. The molecule has 3 nitrogen and oxygen atoms in total. The number of rotatable bonds is 2. The summed E-state index contributed by atoms with van der Waals surface area (Å²) in [7, 11) is 0. The number of halogens is 2. The standard InChI is InChI=1S/C12H6BrClNO2/c13-9-3-1-2-8(6-9)11-7-10(14)4-5-12(11)15(16)17/h1-3,5-7H. The first-order valence-corrected chi connectivity index (χ1v) is 5.86. The van der Waals surface area contributed by atoms with Crippen molar-refractivity contribution in [1.82, 2.24) is 0 Å². The van der Waals surface area contributed by atoms with Gasteiger partial charge in [-0.15, -0.1) is 0 Å². The summed E-state index contributed by atoms with van der Waals surface area (Å²) in [4.78, 5) is 10.5. The maximum Gasteiger partial charge on any atom is 0.277 e. The van der Waals surface area contributed by atoms with Crippen LogP contribution in [0.1, 0.15) is 0 Å². The second-order valence-electron chi connectivity index (χ2n) is 3.35. The molecule has 0 unspecified atom stereocenters. The average Bonchev–Trinajstić information content (AvgIpc) is 2.28. The van der Waals surface area contributed by atoms with Gasteiger partial charge in [0.05, 0.1) is 10.5 Å². The van der Waals surface area contributed by atoms with Crippen LogP contribution < -0.4 is 0 Å². The summed E-state index contributed by atoms with van der Waals surface area (Å²) < 4.78 is 0.855. The molecule has 0 heterocycles. The number of benzene rings is 2. The minimum atomic E-state index is -0.441. The van der Waals surface area contributed by atoms with Crippen LogP contribution in [0.3, 0.4) is 0 Å². The second kappa shape index (κ2) is 4.85. The molecule has 1 radical (unpaired) electrons. The van der Waals surface area contributed by atoms with Gasteiger partial charge in [0.1, 0.15) is 0 Å². The first kappa shape index (κ1) is 12.1. The smallest absolute Gasteiger partial charge is 0.258 e. The van der Waals surface area contributed by atoms with Crippen LogP contribution in [0.25, 0.3) is 11.1 Å². The molecule has 0 aliphatic carbocycles. The first-order chi connectivity index (χ1) is 8.08. The van der Waals surface area contributed by atoms with Crippen LogP contribution in [0, 0.1) is 16.2 Å². The molecule has 0 aliphatic heterocycles. The van der Waals surface area contributed by atoms with Gasteiger partial charge in [-0.1, -0.05) is 39.7 Å². The number of nitrogens with zero attached hydrogens (tertiary/aromatic N) is 1. The second-order valence-corrected chi connectivity index (χ2v) is 4.67. The Morgan fingerprint density at radius 2 is 2.12 bits per heavy atom. The van der Waals surface area contributed by atoms with Crippen molar-refractivity contribution in [2.24, 2.45) is 0 Å². The molecule has 0 aliphatic rings. The molecule has 0 aromatic heterocycles. The summed E-state index contributed by atoms with van der Waals surface area (Å²) in [5.74, 6) is 0. The van der Waals surface area contributed by atoms with Crippen LogP contribution in [-0.4, -0.2) is 4.92 Å². The van der Waals surface area contributed by atoms with E-state index in [1.54, 1.807) is 18.2 Å². The normalized spacial score (nSPS) is 10.2. The number of nitro benzene ring substituents is 1. The summed E-state index contributed by atoms with van der Waals surface area (Å²) in [5, 5.41) is 11.3. The van der Waals surface area contributed by atoms with Gasteiger partial charge in [0.15, 0.2) is 0 Å². The third-order valence-electron chi connectivity index (χ3n) is 2.23. The van der Waals surface area contributed by atoms with Gasteiger partial charge in [-0.2, -0.15) is 0 Å². The maximum atomic E-state index is 10.9. The summed E-state index contributed by atoms with van der Waals surface area (Å²) >= 11 is 9.15. The highest BCUT2D eigenvalue weighted by Gasteiger charge is 2.15. The zero-order valence-corrected chi connectivity index (χ0v) is 10.8. The van der Waals surface area contributed by atoms with E-state index in [1.807, 2.05) is 12.1 Å². The van der Waals surface area contributed by atoms with Gasteiger partial charge in [0, 0.05) is 21.6 Å². The van der Waals surface area contributed by atoms with Crippen molar-refractivity contribution in [3.8, 4) is 11.1 Å². The van der Waals surface area contributed by atoms with Gasteiger partial charge in [0.25, 0.3) is 5.69 Å². The SMILES string of the molecule is O=[N+]([O-])c1c[c]c(Cl)cc1-c1cccc(Br)c1. The predicted octanol–water partition coefficient (Wildman–Crippen LogP) is 4.48. The molecule has 0 amide bonds. The Kier molecular flexibility index (Phi) is 3.45. The van der Waals surface area contributed by atoms with Crippen LogP contribution in [-0.2, 0) is 0 Å². The lowest BCUT2D eigenvalue weighted by atomic mass is 10.0. The Bertz CT molecular complexity index is 586. The summed E-state index contributed by atoms with van der Waals surface area (Å²) in [6, 6.07) is 12.7. The molecule has 0 N–H and O–H groups in total. The molecule has 0 saturated heterocycles. The van der Waals surface area contributed by atoms with Crippen LogP contribution >= 0.6 is 27.5 Å². The third kappa shape index (κ3) is 2.65. The molecular formula is C12H6BrClNO2. The summed E-state index contributed by atoms with van der Waals surface area (Å²) in [6.07, 6.45) is 0. The molecule has 2 aromatic carbocycles. The molecule has 0 atom stereocenters. The van der Waals surface area contributed by atoms with Gasteiger partial charge in [-0.25, -0.2) is 0 Å². The zero-order chi connectivity index (χ0) is 12.4. The average molecular weight is 312 g/mol. The van der Waals surface area contributed by atoms with Crippen molar-refractivity contribution in [2.75, 3.05) is 0 Å². The monoisotopic (exact) mass is 310 g/mol. The quantitative estimate of drug-likeness (QED) is 0.606. The van der Waals surface area contributed by atoms with E-state index in [2.05, 4.69) is 22.0 Å². The Morgan fingerprint density at radius 3 is 2.76 bits per heavy atom. The van der Waals surface area contributed by atoms with E-state index in [0.29, 0.717) is 10.6 Å². The Morgan fingerprint density at radius 1 is 1.35 bits per heavy atom. The van der Waals surface area contributed by atoms with Gasteiger partial charge >= 0.3 is 0 Å². The Hall–Kier alpha value is -1.39. The lowest BCUT2D eigenvalue weighted by Gasteiger charge is -2.04. The van der Waals surface area contributed by atoms with E-state index in [-0.39, 0.29) is 5.69 Å². The molecule has 85 valence electrons. The van der Waals surface area contributed by atoms with Crippen molar-refractivity contribution in [3.05, 3.63) is 62.1 Å². The van der Waals surface area contributed by atoms with Crippen molar-refractivity contribution in [2.45, 2.75) is 0 Å². The summed E-state index contributed by atoms with van der Waals surface area (Å²) in [5.41, 5.74) is 1.22. The molecule has 0 saturated carbocycles. The van der Waals surface area contributed by atoms with E-state index >= 15 is 0 Å². The largest absolute Gasteiger partial charge is 0.277 e. The topological polar surface area (TPSA) is 43.1 Å². The van der Waals surface area contributed by atoms with Gasteiger partial charge in [-0.3, -0.25) is 10.1 Å². The first-order valence-electron chi connectivity index (χ1n) is 4.69. The van der Waals surface area contributed by atoms with Gasteiger partial charge < -0.3 is 0 Å². The van der Waals surface area contributed by atoms with Crippen LogP contribution in [0.15, 0.2) is 40.9 Å². The van der Waals surface area contributed by atoms with Crippen LogP contribution in [0.4, 0.5) is 5.69 Å². The van der Waals surface area contributed by atoms with Crippen molar-refractivity contribution >= 4 is 33.2 Å².